The topological polar surface area (TPSA) is 21.3 Å². The molecule has 0 aliphatic heterocycles. The first-order valence-corrected chi connectivity index (χ1v) is 5.72. The zero-order chi connectivity index (χ0) is 12.1. The molecule has 0 saturated carbocycles. The fourth-order valence-corrected chi connectivity index (χ4v) is 1.93. The molecule has 2 aromatic carbocycles. The van der Waals surface area contributed by atoms with Crippen LogP contribution in [0.5, 0.6) is 5.75 Å². The smallest absolute Gasteiger partial charge is 0.119 e. The molecule has 0 heterocycles. The number of nitrogens with one attached hydrogen (secondary N) is 1. The lowest BCUT2D eigenvalue weighted by Crippen LogP contribution is -2.06. The number of hydrogen-bond acceptors (Lipinski definition) is 2. The minimum atomic E-state index is 0.835. The zero-order valence-electron chi connectivity index (χ0n) is 10.2. The molecule has 17 heavy (non-hydrogen) atoms. The van der Waals surface area contributed by atoms with Gasteiger partial charge in [-0.05, 0) is 35.9 Å². The van der Waals surface area contributed by atoms with E-state index in [2.05, 4.69) is 41.7 Å². The molecule has 0 aromatic heterocycles. The standard InChI is InChI=1S/C15H17NO/c1-16-11-13-10-14(17-2)8-9-15(13)12-6-4-3-5-7-12/h3-10,16H,11H2,1-2H3. The Morgan fingerprint density at radius 3 is 2.47 bits per heavy atom. The molecule has 2 aromatic rings. The van der Waals surface area contributed by atoms with Crippen LogP contribution in [-0.2, 0) is 6.54 Å². The van der Waals surface area contributed by atoms with Crippen LogP contribution in [-0.4, -0.2) is 14.2 Å². The van der Waals surface area contributed by atoms with Gasteiger partial charge in [0.15, 0.2) is 0 Å². The highest BCUT2D eigenvalue weighted by Gasteiger charge is 2.05. The Morgan fingerprint density at radius 2 is 1.82 bits per heavy atom. The maximum absolute atomic E-state index is 5.26. The van der Waals surface area contributed by atoms with Crippen LogP contribution >= 0.6 is 0 Å². The average molecular weight is 227 g/mol. The van der Waals surface area contributed by atoms with Crippen molar-refractivity contribution >= 4 is 0 Å². The van der Waals surface area contributed by atoms with E-state index in [4.69, 9.17) is 4.74 Å². The maximum atomic E-state index is 5.26. The van der Waals surface area contributed by atoms with Crippen LogP contribution in [0.3, 0.4) is 0 Å². The van der Waals surface area contributed by atoms with E-state index in [1.165, 1.54) is 16.7 Å². The summed E-state index contributed by atoms with van der Waals surface area (Å²) in [6.07, 6.45) is 0. The van der Waals surface area contributed by atoms with Gasteiger partial charge >= 0.3 is 0 Å². The van der Waals surface area contributed by atoms with Gasteiger partial charge in [-0.1, -0.05) is 36.4 Å². The number of methoxy groups -OCH3 is 1. The molecular weight excluding hydrogens is 210 g/mol. The van der Waals surface area contributed by atoms with Gasteiger partial charge in [0, 0.05) is 6.54 Å². The molecule has 2 rings (SSSR count). The van der Waals surface area contributed by atoms with Crippen molar-refractivity contribution in [3.8, 4) is 16.9 Å². The van der Waals surface area contributed by atoms with E-state index in [-0.39, 0.29) is 0 Å². The van der Waals surface area contributed by atoms with Gasteiger partial charge in [-0.15, -0.1) is 0 Å². The van der Waals surface area contributed by atoms with Crippen molar-refractivity contribution in [3.63, 3.8) is 0 Å². The molecule has 0 saturated heterocycles. The molecule has 0 radical (unpaired) electrons. The fraction of sp³-hybridized carbons (Fsp3) is 0.200. The molecule has 0 aliphatic rings. The maximum Gasteiger partial charge on any atom is 0.119 e. The first kappa shape index (κ1) is 11.7. The molecule has 0 spiro atoms. The minimum absolute atomic E-state index is 0.835. The summed E-state index contributed by atoms with van der Waals surface area (Å²) in [5.41, 5.74) is 3.74. The monoisotopic (exact) mass is 227 g/mol. The molecule has 0 unspecified atom stereocenters. The quantitative estimate of drug-likeness (QED) is 0.866. The van der Waals surface area contributed by atoms with Gasteiger partial charge in [0.25, 0.3) is 0 Å². The highest BCUT2D eigenvalue weighted by atomic mass is 16.5. The van der Waals surface area contributed by atoms with Gasteiger partial charge in [-0.3, -0.25) is 0 Å². The Kier molecular flexibility index (Phi) is 3.78. The van der Waals surface area contributed by atoms with Gasteiger partial charge in [-0.25, -0.2) is 0 Å². The zero-order valence-corrected chi connectivity index (χ0v) is 10.2. The molecule has 0 aliphatic carbocycles. The summed E-state index contributed by atoms with van der Waals surface area (Å²) in [5, 5.41) is 3.19. The molecule has 0 atom stereocenters. The third-order valence-corrected chi connectivity index (χ3v) is 2.76. The van der Waals surface area contributed by atoms with Crippen LogP contribution < -0.4 is 10.1 Å². The van der Waals surface area contributed by atoms with Crippen LogP contribution in [0.25, 0.3) is 11.1 Å². The Labute approximate surface area is 102 Å². The van der Waals surface area contributed by atoms with Crippen LogP contribution in [0, 0.1) is 0 Å². The summed E-state index contributed by atoms with van der Waals surface area (Å²) in [7, 11) is 3.65. The first-order chi connectivity index (χ1) is 8.35. The fourth-order valence-electron chi connectivity index (χ4n) is 1.93. The highest BCUT2D eigenvalue weighted by molar-refractivity contribution is 5.68. The minimum Gasteiger partial charge on any atom is -0.497 e. The number of ether oxygens (including phenoxy) is 1. The van der Waals surface area contributed by atoms with E-state index in [0.29, 0.717) is 0 Å². The van der Waals surface area contributed by atoms with Gasteiger partial charge < -0.3 is 10.1 Å². The SMILES string of the molecule is CNCc1cc(OC)ccc1-c1ccccc1. The van der Waals surface area contributed by atoms with E-state index < -0.39 is 0 Å². The second-order valence-electron chi connectivity index (χ2n) is 3.92. The van der Waals surface area contributed by atoms with Crippen molar-refractivity contribution < 1.29 is 4.74 Å². The summed E-state index contributed by atoms with van der Waals surface area (Å²) in [6.45, 7) is 0.835. The van der Waals surface area contributed by atoms with E-state index in [1.54, 1.807) is 7.11 Å². The molecule has 2 nitrogen and oxygen atoms in total. The Morgan fingerprint density at radius 1 is 1.06 bits per heavy atom. The third-order valence-electron chi connectivity index (χ3n) is 2.76. The van der Waals surface area contributed by atoms with Crippen molar-refractivity contribution in [3.05, 3.63) is 54.1 Å². The van der Waals surface area contributed by atoms with Gasteiger partial charge in [-0.2, -0.15) is 0 Å². The summed E-state index contributed by atoms with van der Waals surface area (Å²) in [6, 6.07) is 16.6. The first-order valence-electron chi connectivity index (χ1n) is 5.72. The van der Waals surface area contributed by atoms with Crippen molar-refractivity contribution in [2.24, 2.45) is 0 Å². The van der Waals surface area contributed by atoms with Crippen molar-refractivity contribution in [1.29, 1.82) is 0 Å². The Bertz CT molecular complexity index is 480. The lowest BCUT2D eigenvalue weighted by molar-refractivity contribution is 0.414. The molecule has 1 N–H and O–H groups in total. The van der Waals surface area contributed by atoms with Crippen molar-refractivity contribution in [2.45, 2.75) is 6.54 Å². The normalized spacial score (nSPS) is 10.2. The predicted molar refractivity (Wildman–Crippen MR) is 71.2 cm³/mol. The van der Waals surface area contributed by atoms with Crippen LogP contribution in [0.4, 0.5) is 0 Å². The predicted octanol–water partition coefficient (Wildman–Crippen LogP) is 3.08. The second-order valence-corrected chi connectivity index (χ2v) is 3.92. The summed E-state index contributed by atoms with van der Waals surface area (Å²) in [4.78, 5) is 0. The molecule has 0 fully saturated rings. The van der Waals surface area contributed by atoms with Crippen molar-refractivity contribution in [1.82, 2.24) is 5.32 Å². The summed E-state index contributed by atoms with van der Waals surface area (Å²) < 4.78 is 5.26. The van der Waals surface area contributed by atoms with Gasteiger partial charge in [0.2, 0.25) is 0 Å². The van der Waals surface area contributed by atoms with E-state index in [1.807, 2.05) is 19.2 Å². The Hall–Kier alpha value is -1.80. The largest absolute Gasteiger partial charge is 0.497 e. The number of benzene rings is 2. The number of rotatable bonds is 4. The second kappa shape index (κ2) is 5.51. The Balaban J connectivity index is 2.46. The summed E-state index contributed by atoms with van der Waals surface area (Å²) >= 11 is 0. The lowest BCUT2D eigenvalue weighted by Gasteiger charge is -2.11. The van der Waals surface area contributed by atoms with E-state index >= 15 is 0 Å². The number of hydrogen-bond donors (Lipinski definition) is 1. The van der Waals surface area contributed by atoms with Crippen LogP contribution in [0.15, 0.2) is 48.5 Å². The molecule has 0 bridgehead atoms. The lowest BCUT2D eigenvalue weighted by atomic mass is 9.99. The van der Waals surface area contributed by atoms with Crippen LogP contribution in [0.2, 0.25) is 0 Å². The van der Waals surface area contributed by atoms with Gasteiger partial charge in [0.1, 0.15) is 5.75 Å². The highest BCUT2D eigenvalue weighted by Crippen LogP contribution is 2.27. The molecule has 88 valence electrons. The third kappa shape index (κ3) is 2.66. The van der Waals surface area contributed by atoms with E-state index in [9.17, 15) is 0 Å². The summed E-state index contributed by atoms with van der Waals surface area (Å²) in [5.74, 6) is 0.898. The van der Waals surface area contributed by atoms with E-state index in [0.717, 1.165) is 12.3 Å². The molecule has 0 amide bonds. The van der Waals surface area contributed by atoms with Crippen LogP contribution in [0.1, 0.15) is 5.56 Å². The van der Waals surface area contributed by atoms with Gasteiger partial charge in [0.05, 0.1) is 7.11 Å². The molecular formula is C15H17NO. The van der Waals surface area contributed by atoms with Crippen molar-refractivity contribution in [2.75, 3.05) is 14.2 Å². The molecule has 2 heteroatoms. The average Bonchev–Trinajstić information content (AvgIpc) is 2.40.